The number of hydrogen-bond donors (Lipinski definition) is 2. The van der Waals surface area contributed by atoms with Crippen LogP contribution in [0.4, 0.5) is 0 Å². The normalized spacial score (nSPS) is 20.2. The lowest BCUT2D eigenvalue weighted by atomic mass is 10.1. The van der Waals surface area contributed by atoms with E-state index in [4.69, 9.17) is 4.74 Å². The molecular formula is C14H22N2O2. The maximum atomic E-state index is 10.1. The number of ether oxygens (including phenoxy) is 1. The first-order valence-corrected chi connectivity index (χ1v) is 6.57. The van der Waals surface area contributed by atoms with Crippen molar-refractivity contribution in [2.75, 3.05) is 26.7 Å². The summed E-state index contributed by atoms with van der Waals surface area (Å²) in [5, 5.41) is 13.4. The molecule has 1 fully saturated rings. The van der Waals surface area contributed by atoms with Crippen molar-refractivity contribution in [2.24, 2.45) is 0 Å². The summed E-state index contributed by atoms with van der Waals surface area (Å²) in [5.41, 5.74) is 0.942. The summed E-state index contributed by atoms with van der Waals surface area (Å²) in [6, 6.07) is 6.28. The van der Waals surface area contributed by atoms with Crippen LogP contribution < -0.4 is 10.1 Å². The first-order chi connectivity index (χ1) is 8.74. The molecule has 0 amide bonds. The van der Waals surface area contributed by atoms with Gasteiger partial charge in [-0.05, 0) is 26.5 Å². The average molecular weight is 250 g/mol. The van der Waals surface area contributed by atoms with Crippen LogP contribution in [0, 0.1) is 0 Å². The van der Waals surface area contributed by atoms with Gasteiger partial charge in [0, 0.05) is 31.2 Å². The average Bonchev–Trinajstić information content (AvgIpc) is 2.82. The van der Waals surface area contributed by atoms with E-state index in [0.29, 0.717) is 18.4 Å². The van der Waals surface area contributed by atoms with E-state index in [1.165, 1.54) is 6.42 Å². The highest BCUT2D eigenvalue weighted by molar-refractivity contribution is 5.45. The summed E-state index contributed by atoms with van der Waals surface area (Å²) < 4.78 is 5.40. The Labute approximate surface area is 109 Å². The van der Waals surface area contributed by atoms with Crippen LogP contribution in [-0.2, 0) is 6.54 Å². The third-order valence-corrected chi connectivity index (χ3v) is 3.46. The summed E-state index contributed by atoms with van der Waals surface area (Å²) in [5.74, 6) is 0.867. The third kappa shape index (κ3) is 2.94. The SMILES string of the molecule is CCOc1cccc(CN2CCC(NC)C2)c1O. The van der Waals surface area contributed by atoms with Gasteiger partial charge in [-0.3, -0.25) is 4.90 Å². The zero-order valence-electron chi connectivity index (χ0n) is 11.1. The van der Waals surface area contributed by atoms with Gasteiger partial charge in [-0.1, -0.05) is 12.1 Å². The summed E-state index contributed by atoms with van der Waals surface area (Å²) in [7, 11) is 2.00. The molecule has 1 aliphatic rings. The molecule has 1 saturated heterocycles. The van der Waals surface area contributed by atoms with Gasteiger partial charge in [0.1, 0.15) is 0 Å². The van der Waals surface area contributed by atoms with E-state index < -0.39 is 0 Å². The number of hydrogen-bond acceptors (Lipinski definition) is 4. The highest BCUT2D eigenvalue weighted by Gasteiger charge is 2.22. The van der Waals surface area contributed by atoms with Crippen LogP contribution >= 0.6 is 0 Å². The second-order valence-electron chi connectivity index (χ2n) is 4.71. The van der Waals surface area contributed by atoms with Crippen LogP contribution in [0.25, 0.3) is 0 Å². The Morgan fingerprint density at radius 2 is 2.33 bits per heavy atom. The minimum absolute atomic E-state index is 0.284. The van der Waals surface area contributed by atoms with Crippen LogP contribution in [0.3, 0.4) is 0 Å². The van der Waals surface area contributed by atoms with Crippen molar-refractivity contribution in [3.05, 3.63) is 23.8 Å². The van der Waals surface area contributed by atoms with Crippen LogP contribution in [0.5, 0.6) is 11.5 Å². The standard InChI is InChI=1S/C14H22N2O2/c1-3-18-13-6-4-5-11(14(13)17)9-16-8-7-12(10-16)15-2/h4-6,12,15,17H,3,7-10H2,1-2H3. The summed E-state index contributed by atoms with van der Waals surface area (Å²) >= 11 is 0. The van der Waals surface area contributed by atoms with Gasteiger partial charge in [0.25, 0.3) is 0 Å². The number of benzene rings is 1. The Morgan fingerprint density at radius 3 is 3.00 bits per heavy atom. The zero-order valence-corrected chi connectivity index (χ0v) is 11.1. The predicted octanol–water partition coefficient (Wildman–Crippen LogP) is 1.58. The largest absolute Gasteiger partial charge is 0.504 e. The summed E-state index contributed by atoms with van der Waals surface area (Å²) in [6.45, 7) is 5.39. The van der Waals surface area contributed by atoms with E-state index >= 15 is 0 Å². The number of para-hydroxylation sites is 1. The van der Waals surface area contributed by atoms with Crippen molar-refractivity contribution >= 4 is 0 Å². The molecule has 1 aliphatic heterocycles. The van der Waals surface area contributed by atoms with Gasteiger partial charge in [-0.2, -0.15) is 0 Å². The molecule has 100 valence electrons. The lowest BCUT2D eigenvalue weighted by Crippen LogP contribution is -2.29. The van der Waals surface area contributed by atoms with Crippen molar-refractivity contribution in [3.8, 4) is 11.5 Å². The monoisotopic (exact) mass is 250 g/mol. The van der Waals surface area contributed by atoms with Gasteiger partial charge in [-0.15, -0.1) is 0 Å². The quantitative estimate of drug-likeness (QED) is 0.833. The Kier molecular flexibility index (Phi) is 4.44. The second kappa shape index (κ2) is 6.07. The van der Waals surface area contributed by atoms with E-state index in [1.54, 1.807) is 0 Å². The highest BCUT2D eigenvalue weighted by Crippen LogP contribution is 2.31. The van der Waals surface area contributed by atoms with Gasteiger partial charge in [0.15, 0.2) is 11.5 Å². The minimum atomic E-state index is 0.284. The molecule has 2 N–H and O–H groups in total. The molecule has 0 aromatic heterocycles. The van der Waals surface area contributed by atoms with Crippen LogP contribution in [0.2, 0.25) is 0 Å². The topological polar surface area (TPSA) is 44.7 Å². The van der Waals surface area contributed by atoms with Crippen molar-refractivity contribution in [1.29, 1.82) is 0 Å². The first kappa shape index (κ1) is 13.2. The van der Waals surface area contributed by atoms with Crippen molar-refractivity contribution in [2.45, 2.75) is 25.9 Å². The van der Waals surface area contributed by atoms with Gasteiger partial charge < -0.3 is 15.2 Å². The molecule has 0 spiro atoms. The molecule has 0 aliphatic carbocycles. The summed E-state index contributed by atoms with van der Waals surface area (Å²) in [4.78, 5) is 2.35. The number of aromatic hydroxyl groups is 1. The zero-order chi connectivity index (χ0) is 13.0. The van der Waals surface area contributed by atoms with E-state index in [2.05, 4.69) is 10.2 Å². The Balaban J connectivity index is 2.03. The number of likely N-dealkylation sites (tertiary alicyclic amines) is 1. The number of likely N-dealkylation sites (N-methyl/N-ethyl adjacent to an activating group) is 1. The fraction of sp³-hybridized carbons (Fsp3) is 0.571. The van der Waals surface area contributed by atoms with E-state index in [-0.39, 0.29) is 5.75 Å². The lowest BCUT2D eigenvalue weighted by Gasteiger charge is -2.17. The highest BCUT2D eigenvalue weighted by atomic mass is 16.5. The molecule has 4 heteroatoms. The molecule has 0 saturated carbocycles. The maximum absolute atomic E-state index is 10.1. The molecule has 1 unspecified atom stereocenters. The van der Waals surface area contributed by atoms with Gasteiger partial charge in [0.05, 0.1) is 6.61 Å². The molecule has 4 nitrogen and oxygen atoms in total. The summed E-state index contributed by atoms with van der Waals surface area (Å²) in [6.07, 6.45) is 1.17. The van der Waals surface area contributed by atoms with Crippen molar-refractivity contribution in [1.82, 2.24) is 10.2 Å². The van der Waals surface area contributed by atoms with Crippen molar-refractivity contribution in [3.63, 3.8) is 0 Å². The lowest BCUT2D eigenvalue weighted by molar-refractivity contribution is 0.299. The molecule has 0 radical (unpaired) electrons. The first-order valence-electron chi connectivity index (χ1n) is 6.57. The fourth-order valence-electron chi connectivity index (χ4n) is 2.42. The molecule has 1 atom stereocenters. The van der Waals surface area contributed by atoms with Crippen LogP contribution in [0.1, 0.15) is 18.9 Å². The molecule has 1 heterocycles. The molecule has 18 heavy (non-hydrogen) atoms. The predicted molar refractivity (Wildman–Crippen MR) is 72.0 cm³/mol. The van der Waals surface area contributed by atoms with Gasteiger partial charge in [0.2, 0.25) is 0 Å². The number of rotatable bonds is 5. The van der Waals surface area contributed by atoms with E-state index in [0.717, 1.165) is 25.2 Å². The fourth-order valence-corrected chi connectivity index (χ4v) is 2.42. The second-order valence-corrected chi connectivity index (χ2v) is 4.71. The molecule has 2 rings (SSSR count). The van der Waals surface area contributed by atoms with E-state index in [1.807, 2.05) is 32.2 Å². The molecule has 0 bridgehead atoms. The molecular weight excluding hydrogens is 228 g/mol. The molecule has 1 aromatic carbocycles. The van der Waals surface area contributed by atoms with Gasteiger partial charge in [-0.25, -0.2) is 0 Å². The number of phenols is 1. The van der Waals surface area contributed by atoms with Gasteiger partial charge >= 0.3 is 0 Å². The number of phenolic OH excluding ortho intramolecular Hbond substituents is 1. The third-order valence-electron chi connectivity index (χ3n) is 3.46. The maximum Gasteiger partial charge on any atom is 0.162 e. The van der Waals surface area contributed by atoms with Crippen molar-refractivity contribution < 1.29 is 9.84 Å². The van der Waals surface area contributed by atoms with E-state index in [9.17, 15) is 5.11 Å². The minimum Gasteiger partial charge on any atom is -0.504 e. The van der Waals surface area contributed by atoms with Crippen LogP contribution in [0.15, 0.2) is 18.2 Å². The Bertz CT molecular complexity index is 395. The van der Waals surface area contributed by atoms with Crippen LogP contribution in [-0.4, -0.2) is 42.8 Å². The molecule has 1 aromatic rings. The Hall–Kier alpha value is -1.26. The Morgan fingerprint density at radius 1 is 1.50 bits per heavy atom. The smallest absolute Gasteiger partial charge is 0.162 e. The number of nitrogens with zero attached hydrogens (tertiary/aromatic N) is 1. The number of nitrogens with one attached hydrogen (secondary N) is 1.